The van der Waals surface area contributed by atoms with Gasteiger partial charge >= 0.3 is 0 Å². The minimum Gasteiger partial charge on any atom is -0.372 e. The van der Waals surface area contributed by atoms with Gasteiger partial charge < -0.3 is 15.7 Å². The van der Waals surface area contributed by atoms with Crippen LogP contribution in [-0.2, 0) is 10.4 Å². The zero-order chi connectivity index (χ0) is 17.7. The number of benzene rings is 2. The second-order valence-electron chi connectivity index (χ2n) is 5.46. The number of carbonyl (C=O) groups is 2. The van der Waals surface area contributed by atoms with Crippen LogP contribution in [0.4, 0.5) is 0 Å². The highest BCUT2D eigenvalue weighted by atomic mass is 16.3. The first kappa shape index (κ1) is 17.7. The maximum atomic E-state index is 12.8. The monoisotopic (exact) mass is 326 g/mol. The van der Waals surface area contributed by atoms with Gasteiger partial charge in [-0.05, 0) is 25.5 Å². The summed E-state index contributed by atoms with van der Waals surface area (Å²) < 4.78 is 0. The normalized spacial score (nSPS) is 13.1. The lowest BCUT2D eigenvalue weighted by molar-refractivity contribution is -0.133. The van der Waals surface area contributed by atoms with Gasteiger partial charge in [0.1, 0.15) is 0 Å². The predicted octanol–water partition coefficient (Wildman–Crippen LogP) is 1.89. The second-order valence-corrected chi connectivity index (χ2v) is 5.46. The number of primary amides is 1. The van der Waals surface area contributed by atoms with Crippen molar-refractivity contribution in [1.29, 1.82) is 0 Å². The van der Waals surface area contributed by atoms with Crippen LogP contribution in [0.3, 0.4) is 0 Å². The molecule has 0 radical (unpaired) electrons. The standard InChI is InChI=1S/C19H22N2O3/c1-3-21(4-2)17(22)15-12-8-9-13-16(15)19(24,18(20)23)14-10-6-5-7-11-14/h5-13,24H,3-4H2,1-2H3,(H2,20,23). The summed E-state index contributed by atoms with van der Waals surface area (Å²) >= 11 is 0. The molecule has 2 aromatic carbocycles. The Balaban J connectivity index is 2.66. The van der Waals surface area contributed by atoms with Gasteiger partial charge in [-0.3, -0.25) is 9.59 Å². The van der Waals surface area contributed by atoms with Gasteiger partial charge in [0, 0.05) is 24.2 Å². The lowest BCUT2D eigenvalue weighted by atomic mass is 9.82. The van der Waals surface area contributed by atoms with Crippen molar-refractivity contribution in [2.24, 2.45) is 5.73 Å². The average molecular weight is 326 g/mol. The molecule has 3 N–H and O–H groups in total. The largest absolute Gasteiger partial charge is 0.372 e. The zero-order valence-corrected chi connectivity index (χ0v) is 13.9. The summed E-state index contributed by atoms with van der Waals surface area (Å²) in [5.74, 6) is -1.17. The molecule has 2 amide bonds. The third-order valence-corrected chi connectivity index (χ3v) is 4.15. The molecule has 0 fully saturated rings. The summed E-state index contributed by atoms with van der Waals surface area (Å²) in [6, 6.07) is 15.0. The van der Waals surface area contributed by atoms with Crippen LogP contribution in [0, 0.1) is 0 Å². The first-order chi connectivity index (χ1) is 11.5. The molecule has 1 atom stereocenters. The summed E-state index contributed by atoms with van der Waals surface area (Å²) in [7, 11) is 0. The van der Waals surface area contributed by atoms with Crippen molar-refractivity contribution in [1.82, 2.24) is 4.90 Å². The molecule has 2 rings (SSSR count). The van der Waals surface area contributed by atoms with Gasteiger partial charge in [-0.15, -0.1) is 0 Å². The Hall–Kier alpha value is -2.66. The van der Waals surface area contributed by atoms with Crippen molar-refractivity contribution in [3.8, 4) is 0 Å². The van der Waals surface area contributed by atoms with E-state index in [9.17, 15) is 14.7 Å². The first-order valence-corrected chi connectivity index (χ1v) is 7.93. The Morgan fingerprint density at radius 2 is 1.54 bits per heavy atom. The molecular formula is C19H22N2O3. The van der Waals surface area contributed by atoms with Gasteiger partial charge in [-0.25, -0.2) is 0 Å². The van der Waals surface area contributed by atoms with Crippen molar-refractivity contribution in [3.63, 3.8) is 0 Å². The number of carbonyl (C=O) groups excluding carboxylic acids is 2. The Morgan fingerprint density at radius 3 is 2.08 bits per heavy atom. The van der Waals surface area contributed by atoms with E-state index in [1.54, 1.807) is 59.5 Å². The number of nitrogens with two attached hydrogens (primary N) is 1. The fraction of sp³-hybridized carbons (Fsp3) is 0.263. The number of amides is 2. The molecule has 0 aliphatic heterocycles. The van der Waals surface area contributed by atoms with E-state index in [0.717, 1.165) is 0 Å². The molecule has 126 valence electrons. The highest BCUT2D eigenvalue weighted by Crippen LogP contribution is 2.32. The Morgan fingerprint density at radius 1 is 1.00 bits per heavy atom. The average Bonchev–Trinajstić information content (AvgIpc) is 2.62. The van der Waals surface area contributed by atoms with Crippen LogP contribution < -0.4 is 5.73 Å². The molecule has 0 spiro atoms. The molecule has 0 aromatic heterocycles. The molecule has 0 aliphatic carbocycles. The number of aliphatic hydroxyl groups is 1. The van der Waals surface area contributed by atoms with Crippen LogP contribution in [0.15, 0.2) is 54.6 Å². The summed E-state index contributed by atoms with van der Waals surface area (Å²) in [4.78, 5) is 26.6. The van der Waals surface area contributed by atoms with Gasteiger partial charge in [-0.2, -0.15) is 0 Å². The molecule has 0 saturated carbocycles. The van der Waals surface area contributed by atoms with Crippen molar-refractivity contribution < 1.29 is 14.7 Å². The van der Waals surface area contributed by atoms with E-state index < -0.39 is 11.5 Å². The summed E-state index contributed by atoms with van der Waals surface area (Å²) in [5, 5.41) is 11.1. The van der Waals surface area contributed by atoms with Crippen molar-refractivity contribution in [2.75, 3.05) is 13.1 Å². The van der Waals surface area contributed by atoms with Crippen LogP contribution in [0.5, 0.6) is 0 Å². The number of nitrogens with zero attached hydrogens (tertiary/aromatic N) is 1. The van der Waals surface area contributed by atoms with E-state index in [1.165, 1.54) is 0 Å². The Labute approximate surface area is 141 Å². The second kappa shape index (κ2) is 7.27. The topological polar surface area (TPSA) is 83.6 Å². The van der Waals surface area contributed by atoms with E-state index in [4.69, 9.17) is 5.73 Å². The Kier molecular flexibility index (Phi) is 5.36. The molecule has 24 heavy (non-hydrogen) atoms. The molecule has 0 bridgehead atoms. The molecule has 2 aromatic rings. The third-order valence-electron chi connectivity index (χ3n) is 4.15. The smallest absolute Gasteiger partial charge is 0.258 e. The van der Waals surface area contributed by atoms with Crippen LogP contribution in [0.2, 0.25) is 0 Å². The van der Waals surface area contributed by atoms with Gasteiger partial charge in [0.2, 0.25) is 0 Å². The SMILES string of the molecule is CCN(CC)C(=O)c1ccccc1C(O)(C(N)=O)c1ccccc1. The van der Waals surface area contributed by atoms with Gasteiger partial charge in [-0.1, -0.05) is 48.5 Å². The lowest BCUT2D eigenvalue weighted by Gasteiger charge is -2.29. The number of hydrogen-bond donors (Lipinski definition) is 2. The van der Waals surface area contributed by atoms with Crippen LogP contribution in [-0.4, -0.2) is 34.9 Å². The van der Waals surface area contributed by atoms with Crippen LogP contribution >= 0.6 is 0 Å². The fourth-order valence-corrected chi connectivity index (χ4v) is 2.78. The van der Waals surface area contributed by atoms with Crippen LogP contribution in [0.1, 0.15) is 35.3 Å². The third kappa shape index (κ3) is 3.03. The molecule has 5 heteroatoms. The van der Waals surface area contributed by atoms with Gasteiger partial charge in [0.15, 0.2) is 5.60 Å². The summed E-state index contributed by atoms with van der Waals surface area (Å²) in [6.45, 7) is 4.82. The predicted molar refractivity (Wildman–Crippen MR) is 92.3 cm³/mol. The highest BCUT2D eigenvalue weighted by Gasteiger charge is 2.41. The van der Waals surface area contributed by atoms with Gasteiger partial charge in [0.25, 0.3) is 11.8 Å². The summed E-state index contributed by atoms with van der Waals surface area (Å²) in [5.41, 5.74) is 4.26. The van der Waals surface area contributed by atoms with E-state index in [1.807, 2.05) is 13.8 Å². The van der Waals surface area contributed by atoms with Crippen molar-refractivity contribution >= 4 is 11.8 Å². The van der Waals surface area contributed by atoms with E-state index in [-0.39, 0.29) is 17.0 Å². The van der Waals surface area contributed by atoms with Crippen molar-refractivity contribution in [2.45, 2.75) is 19.4 Å². The fourth-order valence-electron chi connectivity index (χ4n) is 2.78. The minimum absolute atomic E-state index is 0.195. The molecule has 5 nitrogen and oxygen atoms in total. The van der Waals surface area contributed by atoms with Gasteiger partial charge in [0.05, 0.1) is 0 Å². The minimum atomic E-state index is -2.07. The first-order valence-electron chi connectivity index (χ1n) is 7.93. The molecule has 1 unspecified atom stereocenters. The number of hydrogen-bond acceptors (Lipinski definition) is 3. The lowest BCUT2D eigenvalue weighted by Crippen LogP contribution is -2.44. The maximum absolute atomic E-state index is 12.8. The highest BCUT2D eigenvalue weighted by molar-refractivity contribution is 5.99. The molecule has 0 saturated heterocycles. The zero-order valence-electron chi connectivity index (χ0n) is 13.9. The molecule has 0 aliphatic rings. The molecule has 0 heterocycles. The van der Waals surface area contributed by atoms with Crippen LogP contribution in [0.25, 0.3) is 0 Å². The maximum Gasteiger partial charge on any atom is 0.258 e. The van der Waals surface area contributed by atoms with E-state index in [0.29, 0.717) is 18.7 Å². The Bertz CT molecular complexity index is 726. The number of rotatable bonds is 6. The summed E-state index contributed by atoms with van der Waals surface area (Å²) in [6.07, 6.45) is 0. The van der Waals surface area contributed by atoms with E-state index >= 15 is 0 Å². The van der Waals surface area contributed by atoms with Crippen molar-refractivity contribution in [3.05, 3.63) is 71.3 Å². The van der Waals surface area contributed by atoms with E-state index in [2.05, 4.69) is 0 Å². The molecular weight excluding hydrogens is 304 g/mol. The quantitative estimate of drug-likeness (QED) is 0.850.